The standard InChI is InChI=1S/C17H32O4/c1-3-4-5-6-7-8-9-10-12-16(21-15(2)18)13-11-14-17(19)20/h16H,3-14H2,1-2H3,(H,19,20)/t16-/m1/s1. The lowest BCUT2D eigenvalue weighted by Gasteiger charge is -2.16. The number of rotatable bonds is 14. The number of hydrogen-bond donors (Lipinski definition) is 1. The third-order valence-corrected chi connectivity index (χ3v) is 3.63. The average molecular weight is 300 g/mol. The number of ether oxygens (including phenoxy) is 1. The van der Waals surface area contributed by atoms with E-state index < -0.39 is 5.97 Å². The van der Waals surface area contributed by atoms with Crippen LogP contribution in [0.3, 0.4) is 0 Å². The normalized spacial score (nSPS) is 12.1. The van der Waals surface area contributed by atoms with E-state index in [1.54, 1.807) is 0 Å². The Balaban J connectivity index is 3.65. The largest absolute Gasteiger partial charge is 0.481 e. The first-order valence-corrected chi connectivity index (χ1v) is 8.45. The van der Waals surface area contributed by atoms with Crippen LogP contribution in [0, 0.1) is 0 Å². The summed E-state index contributed by atoms with van der Waals surface area (Å²) in [4.78, 5) is 21.6. The minimum Gasteiger partial charge on any atom is -0.481 e. The van der Waals surface area contributed by atoms with E-state index in [9.17, 15) is 9.59 Å². The highest BCUT2D eigenvalue weighted by Crippen LogP contribution is 2.15. The quantitative estimate of drug-likeness (QED) is 0.373. The third kappa shape index (κ3) is 15.2. The van der Waals surface area contributed by atoms with Crippen molar-refractivity contribution >= 4 is 11.9 Å². The molecule has 0 radical (unpaired) electrons. The molecule has 0 saturated heterocycles. The molecule has 0 bridgehead atoms. The molecule has 124 valence electrons. The molecule has 0 aromatic heterocycles. The number of aliphatic carboxylic acids is 1. The van der Waals surface area contributed by atoms with Crippen molar-refractivity contribution in [2.24, 2.45) is 0 Å². The molecule has 0 saturated carbocycles. The maximum atomic E-state index is 11.0. The Labute approximate surface area is 129 Å². The van der Waals surface area contributed by atoms with Crippen molar-refractivity contribution in [3.8, 4) is 0 Å². The summed E-state index contributed by atoms with van der Waals surface area (Å²) in [5.74, 6) is -1.06. The van der Waals surface area contributed by atoms with Gasteiger partial charge in [-0.25, -0.2) is 0 Å². The first-order chi connectivity index (χ1) is 10.1. The van der Waals surface area contributed by atoms with Crippen molar-refractivity contribution < 1.29 is 19.4 Å². The second kappa shape index (κ2) is 13.9. The van der Waals surface area contributed by atoms with Crippen LogP contribution in [-0.4, -0.2) is 23.1 Å². The average Bonchev–Trinajstić information content (AvgIpc) is 2.40. The molecule has 0 aromatic rings. The molecule has 21 heavy (non-hydrogen) atoms. The topological polar surface area (TPSA) is 63.6 Å². The van der Waals surface area contributed by atoms with Crippen molar-refractivity contribution in [1.29, 1.82) is 0 Å². The summed E-state index contributed by atoms with van der Waals surface area (Å²) in [5, 5.41) is 8.64. The van der Waals surface area contributed by atoms with Gasteiger partial charge in [-0.3, -0.25) is 9.59 Å². The van der Waals surface area contributed by atoms with Crippen LogP contribution in [0.4, 0.5) is 0 Å². The zero-order chi connectivity index (χ0) is 15.9. The maximum Gasteiger partial charge on any atom is 0.303 e. The lowest BCUT2D eigenvalue weighted by molar-refractivity contribution is -0.147. The molecule has 0 spiro atoms. The Morgan fingerprint density at radius 3 is 1.95 bits per heavy atom. The maximum absolute atomic E-state index is 11.0. The molecular weight excluding hydrogens is 268 g/mol. The van der Waals surface area contributed by atoms with Gasteiger partial charge >= 0.3 is 11.9 Å². The van der Waals surface area contributed by atoms with Gasteiger partial charge in [0, 0.05) is 13.3 Å². The van der Waals surface area contributed by atoms with Crippen LogP contribution >= 0.6 is 0 Å². The Hall–Kier alpha value is -1.06. The molecule has 0 amide bonds. The van der Waals surface area contributed by atoms with E-state index in [0.717, 1.165) is 12.8 Å². The Kier molecular flexibility index (Phi) is 13.2. The van der Waals surface area contributed by atoms with E-state index in [-0.39, 0.29) is 18.5 Å². The number of carboxylic acids is 1. The van der Waals surface area contributed by atoms with Crippen LogP contribution in [0.2, 0.25) is 0 Å². The highest BCUT2D eigenvalue weighted by Gasteiger charge is 2.12. The fraction of sp³-hybridized carbons (Fsp3) is 0.882. The molecule has 0 rings (SSSR count). The molecule has 0 heterocycles. The summed E-state index contributed by atoms with van der Waals surface area (Å²) in [6.45, 7) is 3.64. The van der Waals surface area contributed by atoms with Crippen molar-refractivity contribution in [1.82, 2.24) is 0 Å². The van der Waals surface area contributed by atoms with Crippen molar-refractivity contribution in [3.05, 3.63) is 0 Å². The predicted molar refractivity (Wildman–Crippen MR) is 84.3 cm³/mol. The lowest BCUT2D eigenvalue weighted by atomic mass is 10.0. The molecular formula is C17H32O4. The summed E-state index contributed by atoms with van der Waals surface area (Å²) in [7, 11) is 0. The van der Waals surface area contributed by atoms with Crippen LogP contribution < -0.4 is 0 Å². The molecule has 0 aliphatic heterocycles. The predicted octanol–water partition coefficient (Wildman–Crippen LogP) is 4.70. The van der Waals surface area contributed by atoms with Gasteiger partial charge in [-0.05, 0) is 25.7 Å². The van der Waals surface area contributed by atoms with Gasteiger partial charge in [0.15, 0.2) is 0 Å². The summed E-state index contributed by atoms with van der Waals surface area (Å²) in [6, 6.07) is 0. The third-order valence-electron chi connectivity index (χ3n) is 3.63. The van der Waals surface area contributed by atoms with Gasteiger partial charge < -0.3 is 9.84 Å². The van der Waals surface area contributed by atoms with Crippen LogP contribution in [0.5, 0.6) is 0 Å². The van der Waals surface area contributed by atoms with E-state index in [0.29, 0.717) is 12.8 Å². The van der Waals surface area contributed by atoms with Crippen LogP contribution in [-0.2, 0) is 14.3 Å². The zero-order valence-electron chi connectivity index (χ0n) is 13.7. The first-order valence-electron chi connectivity index (χ1n) is 8.45. The zero-order valence-corrected chi connectivity index (χ0v) is 13.7. The molecule has 0 unspecified atom stereocenters. The van der Waals surface area contributed by atoms with Gasteiger partial charge in [0.25, 0.3) is 0 Å². The summed E-state index contributed by atoms with van der Waals surface area (Å²) in [5.41, 5.74) is 0. The molecule has 0 aliphatic rings. The monoisotopic (exact) mass is 300 g/mol. The van der Waals surface area contributed by atoms with Gasteiger partial charge in [0.2, 0.25) is 0 Å². The van der Waals surface area contributed by atoms with Gasteiger partial charge in [-0.2, -0.15) is 0 Å². The van der Waals surface area contributed by atoms with Crippen LogP contribution in [0.15, 0.2) is 0 Å². The minimum atomic E-state index is -0.788. The lowest BCUT2D eigenvalue weighted by Crippen LogP contribution is -2.16. The number of hydrogen-bond acceptors (Lipinski definition) is 3. The molecule has 0 aliphatic carbocycles. The second-order valence-electron chi connectivity index (χ2n) is 5.78. The molecule has 1 atom stereocenters. The van der Waals surface area contributed by atoms with Gasteiger partial charge in [0.1, 0.15) is 6.10 Å². The van der Waals surface area contributed by atoms with Crippen molar-refractivity contribution in [2.75, 3.05) is 0 Å². The Bertz CT molecular complexity index is 276. The smallest absolute Gasteiger partial charge is 0.303 e. The summed E-state index contributed by atoms with van der Waals surface area (Å²) in [6.07, 6.45) is 12.1. The SMILES string of the molecule is CCCCCCCCCC[C@H](CCCC(=O)O)OC(C)=O. The molecule has 0 fully saturated rings. The highest BCUT2D eigenvalue weighted by molar-refractivity contribution is 5.67. The van der Waals surface area contributed by atoms with E-state index in [4.69, 9.17) is 9.84 Å². The summed E-state index contributed by atoms with van der Waals surface area (Å²) >= 11 is 0. The number of carbonyl (C=O) groups excluding carboxylic acids is 1. The molecule has 4 heteroatoms. The van der Waals surface area contributed by atoms with E-state index in [1.165, 1.54) is 51.9 Å². The first kappa shape index (κ1) is 19.9. The molecule has 4 nitrogen and oxygen atoms in total. The number of esters is 1. The number of unbranched alkanes of at least 4 members (excludes halogenated alkanes) is 7. The minimum absolute atomic E-state index is 0.109. The fourth-order valence-corrected chi connectivity index (χ4v) is 2.48. The van der Waals surface area contributed by atoms with Crippen LogP contribution in [0.1, 0.15) is 90.9 Å². The Morgan fingerprint density at radius 2 is 1.43 bits per heavy atom. The fourth-order valence-electron chi connectivity index (χ4n) is 2.48. The van der Waals surface area contributed by atoms with E-state index in [2.05, 4.69) is 6.92 Å². The van der Waals surface area contributed by atoms with Crippen molar-refractivity contribution in [3.63, 3.8) is 0 Å². The highest BCUT2D eigenvalue weighted by atomic mass is 16.5. The van der Waals surface area contributed by atoms with E-state index in [1.807, 2.05) is 0 Å². The Morgan fingerprint density at radius 1 is 0.905 bits per heavy atom. The van der Waals surface area contributed by atoms with Crippen molar-refractivity contribution in [2.45, 2.75) is 97.0 Å². The van der Waals surface area contributed by atoms with Gasteiger partial charge in [-0.1, -0.05) is 51.9 Å². The van der Waals surface area contributed by atoms with Gasteiger partial charge in [-0.15, -0.1) is 0 Å². The van der Waals surface area contributed by atoms with Crippen LogP contribution in [0.25, 0.3) is 0 Å². The number of carbonyl (C=O) groups is 2. The van der Waals surface area contributed by atoms with Gasteiger partial charge in [0.05, 0.1) is 0 Å². The molecule has 1 N–H and O–H groups in total. The number of carboxylic acid groups (broad SMARTS) is 1. The van der Waals surface area contributed by atoms with E-state index >= 15 is 0 Å². The second-order valence-corrected chi connectivity index (χ2v) is 5.78. The molecule has 0 aromatic carbocycles. The summed E-state index contributed by atoms with van der Waals surface area (Å²) < 4.78 is 5.26.